The molecule has 1 aliphatic heterocycles. The van der Waals surface area contributed by atoms with E-state index in [4.69, 9.17) is 4.74 Å². The van der Waals surface area contributed by atoms with Gasteiger partial charge in [0, 0.05) is 31.4 Å². The van der Waals surface area contributed by atoms with Crippen LogP contribution in [0.3, 0.4) is 0 Å². The highest BCUT2D eigenvalue weighted by Gasteiger charge is 2.24. The zero-order valence-electron chi connectivity index (χ0n) is 14.6. The predicted molar refractivity (Wildman–Crippen MR) is 100 cm³/mol. The second kappa shape index (κ2) is 8.42. The fraction of sp³-hybridized carbons (Fsp3) is 0.350. The van der Waals surface area contributed by atoms with Gasteiger partial charge in [0.2, 0.25) is 0 Å². The Morgan fingerprint density at radius 1 is 1.12 bits per heavy atom. The maximum Gasteiger partial charge on any atom is 0.315 e. The van der Waals surface area contributed by atoms with Crippen molar-refractivity contribution >= 4 is 11.7 Å². The summed E-state index contributed by atoms with van der Waals surface area (Å²) in [7, 11) is 1.64. The summed E-state index contributed by atoms with van der Waals surface area (Å²) in [4.78, 5) is 14.5. The lowest BCUT2D eigenvalue weighted by molar-refractivity contribution is 0.240. The molecule has 0 bridgehead atoms. The van der Waals surface area contributed by atoms with Crippen molar-refractivity contribution < 1.29 is 9.53 Å². The average Bonchev–Trinajstić information content (AvgIpc) is 3.14. The second-order valence-electron chi connectivity index (χ2n) is 6.24. The number of carbonyl (C=O) groups excluding carboxylic acids is 1. The molecule has 1 heterocycles. The zero-order chi connectivity index (χ0) is 17.5. The third kappa shape index (κ3) is 4.66. The molecule has 0 aliphatic carbocycles. The lowest BCUT2D eigenvalue weighted by Gasteiger charge is -2.27. The van der Waals surface area contributed by atoms with Crippen molar-refractivity contribution in [3.8, 4) is 5.75 Å². The van der Waals surface area contributed by atoms with Crippen molar-refractivity contribution in [2.75, 3.05) is 25.1 Å². The summed E-state index contributed by atoms with van der Waals surface area (Å²) in [6.07, 6.45) is 2.27. The van der Waals surface area contributed by atoms with E-state index in [0.29, 0.717) is 19.1 Å². The molecular formula is C20H25N3O2. The second-order valence-corrected chi connectivity index (χ2v) is 6.24. The summed E-state index contributed by atoms with van der Waals surface area (Å²) in [5.41, 5.74) is 2.27. The molecule has 0 unspecified atom stereocenters. The number of hydrogen-bond donors (Lipinski definition) is 2. The van der Waals surface area contributed by atoms with Crippen LogP contribution in [0.15, 0.2) is 54.6 Å². The maximum atomic E-state index is 12.1. The van der Waals surface area contributed by atoms with Crippen molar-refractivity contribution in [3.63, 3.8) is 0 Å². The Balaban J connectivity index is 1.45. The van der Waals surface area contributed by atoms with Crippen LogP contribution < -0.4 is 20.3 Å². The van der Waals surface area contributed by atoms with Crippen molar-refractivity contribution in [2.45, 2.75) is 25.4 Å². The van der Waals surface area contributed by atoms with Gasteiger partial charge in [-0.3, -0.25) is 0 Å². The van der Waals surface area contributed by atoms with E-state index in [0.717, 1.165) is 30.7 Å². The number of amides is 2. The van der Waals surface area contributed by atoms with Crippen LogP contribution in [0, 0.1) is 0 Å². The van der Waals surface area contributed by atoms with Gasteiger partial charge in [-0.25, -0.2) is 4.79 Å². The number of hydrogen-bond acceptors (Lipinski definition) is 3. The van der Waals surface area contributed by atoms with E-state index in [-0.39, 0.29) is 6.03 Å². The molecule has 5 heteroatoms. The summed E-state index contributed by atoms with van der Waals surface area (Å²) in [5, 5.41) is 5.91. The third-order valence-electron chi connectivity index (χ3n) is 4.58. The summed E-state index contributed by atoms with van der Waals surface area (Å²) in [6.45, 7) is 2.20. The minimum Gasteiger partial charge on any atom is -0.497 e. The van der Waals surface area contributed by atoms with Gasteiger partial charge in [0.25, 0.3) is 0 Å². The van der Waals surface area contributed by atoms with E-state index in [1.54, 1.807) is 7.11 Å². The Kier molecular flexibility index (Phi) is 5.77. The van der Waals surface area contributed by atoms with Gasteiger partial charge in [-0.2, -0.15) is 0 Å². The topological polar surface area (TPSA) is 53.6 Å². The van der Waals surface area contributed by atoms with E-state index in [1.165, 1.54) is 5.69 Å². The van der Waals surface area contributed by atoms with Gasteiger partial charge in [-0.05, 0) is 42.7 Å². The number of rotatable bonds is 6. The molecule has 2 amide bonds. The van der Waals surface area contributed by atoms with Crippen LogP contribution in [0.5, 0.6) is 5.75 Å². The molecule has 0 radical (unpaired) electrons. The van der Waals surface area contributed by atoms with E-state index < -0.39 is 0 Å². The number of ether oxygens (including phenoxy) is 1. The highest BCUT2D eigenvalue weighted by atomic mass is 16.5. The van der Waals surface area contributed by atoms with Gasteiger partial charge in [-0.1, -0.05) is 30.3 Å². The number of methoxy groups -OCH3 is 1. The quantitative estimate of drug-likeness (QED) is 0.850. The summed E-state index contributed by atoms with van der Waals surface area (Å²) in [5.74, 6) is 0.815. The largest absolute Gasteiger partial charge is 0.497 e. The molecule has 25 heavy (non-hydrogen) atoms. The zero-order valence-corrected chi connectivity index (χ0v) is 14.6. The Bertz CT molecular complexity index is 673. The van der Waals surface area contributed by atoms with Crippen molar-refractivity contribution in [1.82, 2.24) is 10.6 Å². The van der Waals surface area contributed by atoms with Gasteiger partial charge < -0.3 is 20.3 Å². The van der Waals surface area contributed by atoms with Gasteiger partial charge in [0.1, 0.15) is 5.75 Å². The molecule has 0 spiro atoms. The summed E-state index contributed by atoms with van der Waals surface area (Å²) < 4.78 is 5.13. The monoisotopic (exact) mass is 339 g/mol. The van der Waals surface area contributed by atoms with Gasteiger partial charge in [-0.15, -0.1) is 0 Å². The van der Waals surface area contributed by atoms with E-state index >= 15 is 0 Å². The average molecular weight is 339 g/mol. The van der Waals surface area contributed by atoms with E-state index in [2.05, 4.69) is 39.8 Å². The number of carbonyl (C=O) groups is 1. The Hall–Kier alpha value is -2.69. The summed E-state index contributed by atoms with van der Waals surface area (Å²) in [6, 6.07) is 18.3. The summed E-state index contributed by atoms with van der Waals surface area (Å²) >= 11 is 0. The minimum absolute atomic E-state index is 0.129. The van der Waals surface area contributed by atoms with Gasteiger partial charge in [0.15, 0.2) is 0 Å². The molecule has 2 aromatic rings. The number of para-hydroxylation sites is 1. The molecule has 1 fully saturated rings. The van der Waals surface area contributed by atoms with Crippen LogP contribution in [0.2, 0.25) is 0 Å². The third-order valence-corrected chi connectivity index (χ3v) is 4.58. The van der Waals surface area contributed by atoms with Crippen molar-refractivity contribution in [2.24, 2.45) is 0 Å². The standard InChI is InChI=1S/C20H25N3O2/c1-25-19-11-9-16(10-12-19)14-21-20(24)22-15-18-8-5-13-23(18)17-6-3-2-4-7-17/h2-4,6-7,9-12,18H,5,8,13-15H2,1H3,(H2,21,22,24)/t18-/m0/s1. The molecule has 1 atom stereocenters. The highest BCUT2D eigenvalue weighted by Crippen LogP contribution is 2.24. The van der Waals surface area contributed by atoms with Crippen molar-refractivity contribution in [1.29, 1.82) is 0 Å². The molecule has 0 saturated carbocycles. The predicted octanol–water partition coefficient (Wildman–Crippen LogP) is 3.16. The molecule has 132 valence electrons. The van der Waals surface area contributed by atoms with Gasteiger partial charge >= 0.3 is 6.03 Å². The number of urea groups is 1. The van der Waals surface area contributed by atoms with Crippen LogP contribution in [-0.2, 0) is 6.54 Å². The first-order valence-electron chi connectivity index (χ1n) is 8.72. The Morgan fingerprint density at radius 3 is 2.60 bits per heavy atom. The van der Waals surface area contributed by atoms with Crippen LogP contribution in [0.1, 0.15) is 18.4 Å². The molecule has 0 aromatic heterocycles. The number of nitrogens with zero attached hydrogens (tertiary/aromatic N) is 1. The molecule has 2 aromatic carbocycles. The molecule has 1 saturated heterocycles. The van der Waals surface area contributed by atoms with Crippen LogP contribution in [0.4, 0.5) is 10.5 Å². The van der Waals surface area contributed by atoms with Gasteiger partial charge in [0.05, 0.1) is 7.11 Å². The number of benzene rings is 2. The molecule has 5 nitrogen and oxygen atoms in total. The fourth-order valence-corrected chi connectivity index (χ4v) is 3.21. The lowest BCUT2D eigenvalue weighted by atomic mass is 10.2. The Morgan fingerprint density at radius 2 is 1.88 bits per heavy atom. The van der Waals surface area contributed by atoms with E-state index in [9.17, 15) is 4.79 Å². The van der Waals surface area contributed by atoms with E-state index in [1.807, 2.05) is 30.3 Å². The van der Waals surface area contributed by atoms with Crippen LogP contribution in [-0.4, -0.2) is 32.3 Å². The van der Waals surface area contributed by atoms with Crippen LogP contribution >= 0.6 is 0 Å². The molecular weight excluding hydrogens is 314 g/mol. The maximum absolute atomic E-state index is 12.1. The first-order chi connectivity index (χ1) is 12.3. The van der Waals surface area contributed by atoms with Crippen LogP contribution in [0.25, 0.3) is 0 Å². The minimum atomic E-state index is -0.129. The first kappa shape index (κ1) is 17.1. The number of nitrogens with one attached hydrogen (secondary N) is 2. The molecule has 2 N–H and O–H groups in total. The molecule has 1 aliphatic rings. The normalized spacial score (nSPS) is 16.5. The lowest BCUT2D eigenvalue weighted by Crippen LogP contribution is -2.43. The SMILES string of the molecule is COc1ccc(CNC(=O)NC[C@@H]2CCCN2c2ccccc2)cc1. The smallest absolute Gasteiger partial charge is 0.315 e. The number of anilines is 1. The first-order valence-corrected chi connectivity index (χ1v) is 8.72. The molecule has 3 rings (SSSR count). The highest BCUT2D eigenvalue weighted by molar-refractivity contribution is 5.74. The fourth-order valence-electron chi connectivity index (χ4n) is 3.21. The van der Waals surface area contributed by atoms with Crippen molar-refractivity contribution in [3.05, 3.63) is 60.2 Å². The Labute approximate surface area is 149 Å².